The largest absolute Gasteiger partial charge is 0.423 e. The lowest BCUT2D eigenvalue weighted by Gasteiger charge is -2.07. The maximum atomic E-state index is 12.8. The number of rotatable bonds is 3. The van der Waals surface area contributed by atoms with E-state index in [2.05, 4.69) is 10.3 Å². The maximum absolute atomic E-state index is 12.8. The number of nitrogens with one attached hydrogen (secondary N) is 1. The number of aromatic nitrogens is 1. The standard InChI is InChI=1S/C19H10ClF3N2O2S/c20-14-8-16-15(7-13(14)11-4-5-28-9-11)24-18(27-16)25-17(26)10-2-1-3-12(6-10)19(21,22)23/h1-9H,(H,24,25,26). The second kappa shape index (κ2) is 6.96. The van der Waals surface area contributed by atoms with Gasteiger partial charge in [0.05, 0.1) is 10.6 Å². The highest BCUT2D eigenvalue weighted by atomic mass is 35.5. The van der Waals surface area contributed by atoms with E-state index in [-0.39, 0.29) is 11.6 Å². The molecule has 2 heterocycles. The van der Waals surface area contributed by atoms with Crippen molar-refractivity contribution in [2.24, 2.45) is 0 Å². The van der Waals surface area contributed by atoms with Crippen molar-refractivity contribution in [2.45, 2.75) is 6.18 Å². The van der Waals surface area contributed by atoms with Gasteiger partial charge in [-0.05, 0) is 46.7 Å². The van der Waals surface area contributed by atoms with Crippen LogP contribution >= 0.6 is 22.9 Å². The molecule has 0 saturated carbocycles. The predicted molar refractivity (Wildman–Crippen MR) is 102 cm³/mol. The molecule has 1 N–H and O–H groups in total. The summed E-state index contributed by atoms with van der Waals surface area (Å²) in [6.07, 6.45) is -4.54. The second-order valence-corrected chi connectivity index (χ2v) is 7.05. The van der Waals surface area contributed by atoms with Crippen molar-refractivity contribution in [2.75, 3.05) is 5.32 Å². The molecule has 0 unspecified atom stereocenters. The molecule has 0 fully saturated rings. The van der Waals surface area contributed by atoms with Gasteiger partial charge in [-0.25, -0.2) is 0 Å². The SMILES string of the molecule is O=C(Nc1nc2cc(-c3ccsc3)c(Cl)cc2o1)c1cccc(C(F)(F)F)c1. The molecule has 0 atom stereocenters. The van der Waals surface area contributed by atoms with Gasteiger partial charge in [0, 0.05) is 17.2 Å². The van der Waals surface area contributed by atoms with Crippen LogP contribution in [-0.4, -0.2) is 10.9 Å². The van der Waals surface area contributed by atoms with Crippen LogP contribution in [0, 0.1) is 0 Å². The van der Waals surface area contributed by atoms with Crippen LogP contribution in [0.5, 0.6) is 0 Å². The van der Waals surface area contributed by atoms with Crippen molar-refractivity contribution < 1.29 is 22.4 Å². The Morgan fingerprint density at radius 2 is 2.00 bits per heavy atom. The third kappa shape index (κ3) is 3.61. The van der Waals surface area contributed by atoms with E-state index in [0.29, 0.717) is 16.1 Å². The van der Waals surface area contributed by atoms with Gasteiger partial charge in [0.2, 0.25) is 0 Å². The van der Waals surface area contributed by atoms with Gasteiger partial charge in [0.25, 0.3) is 5.91 Å². The van der Waals surface area contributed by atoms with E-state index in [1.165, 1.54) is 17.4 Å². The van der Waals surface area contributed by atoms with E-state index in [0.717, 1.165) is 29.3 Å². The first-order valence-electron chi connectivity index (χ1n) is 7.92. The van der Waals surface area contributed by atoms with Gasteiger partial charge in [-0.3, -0.25) is 10.1 Å². The molecular weight excluding hydrogens is 413 g/mol. The summed E-state index contributed by atoms with van der Waals surface area (Å²) in [5.41, 5.74) is 1.43. The Labute approximate surface area is 165 Å². The number of alkyl halides is 3. The molecule has 4 rings (SSSR count). The minimum Gasteiger partial charge on any atom is -0.423 e. The van der Waals surface area contributed by atoms with Gasteiger partial charge >= 0.3 is 12.2 Å². The summed E-state index contributed by atoms with van der Waals surface area (Å²) in [5, 5.41) is 6.68. The summed E-state index contributed by atoms with van der Waals surface area (Å²) in [5.74, 6) is -0.762. The molecule has 0 aliphatic carbocycles. The molecule has 2 aromatic carbocycles. The number of halogens is 4. The van der Waals surface area contributed by atoms with Crippen molar-refractivity contribution >= 4 is 46.0 Å². The summed E-state index contributed by atoms with van der Waals surface area (Å²) < 4.78 is 43.9. The smallest absolute Gasteiger partial charge is 0.416 e. The highest BCUT2D eigenvalue weighted by molar-refractivity contribution is 7.08. The summed E-state index contributed by atoms with van der Waals surface area (Å²) >= 11 is 7.81. The van der Waals surface area contributed by atoms with Gasteiger partial charge in [0.15, 0.2) is 5.58 Å². The van der Waals surface area contributed by atoms with Gasteiger partial charge in [-0.15, -0.1) is 0 Å². The minimum absolute atomic E-state index is 0.129. The first kappa shape index (κ1) is 18.5. The third-order valence-electron chi connectivity index (χ3n) is 3.98. The first-order valence-corrected chi connectivity index (χ1v) is 9.24. The lowest BCUT2D eigenvalue weighted by Crippen LogP contribution is -2.14. The molecule has 0 bridgehead atoms. The highest BCUT2D eigenvalue weighted by Crippen LogP contribution is 2.34. The molecule has 0 radical (unpaired) electrons. The fourth-order valence-electron chi connectivity index (χ4n) is 2.65. The topological polar surface area (TPSA) is 55.1 Å². The Morgan fingerprint density at radius 3 is 2.71 bits per heavy atom. The van der Waals surface area contributed by atoms with Crippen LogP contribution in [0.4, 0.5) is 19.2 Å². The molecule has 1 amide bonds. The lowest BCUT2D eigenvalue weighted by molar-refractivity contribution is -0.137. The number of amides is 1. The lowest BCUT2D eigenvalue weighted by atomic mass is 10.1. The number of nitrogens with zero attached hydrogens (tertiary/aromatic N) is 1. The van der Waals surface area contributed by atoms with Crippen LogP contribution in [0.2, 0.25) is 5.02 Å². The average Bonchev–Trinajstić information content (AvgIpc) is 3.29. The second-order valence-electron chi connectivity index (χ2n) is 5.86. The van der Waals surface area contributed by atoms with Crippen molar-refractivity contribution in [3.63, 3.8) is 0 Å². The Bertz CT molecular complexity index is 1170. The molecule has 9 heteroatoms. The third-order valence-corrected chi connectivity index (χ3v) is 4.98. The highest BCUT2D eigenvalue weighted by Gasteiger charge is 2.31. The quantitative estimate of drug-likeness (QED) is 0.411. The fourth-order valence-corrected chi connectivity index (χ4v) is 3.57. The normalized spacial score (nSPS) is 11.7. The zero-order valence-electron chi connectivity index (χ0n) is 13.9. The molecular formula is C19H10ClF3N2O2S. The van der Waals surface area contributed by atoms with E-state index >= 15 is 0 Å². The number of oxazole rings is 1. The van der Waals surface area contributed by atoms with E-state index < -0.39 is 17.6 Å². The first-order chi connectivity index (χ1) is 13.3. The van der Waals surface area contributed by atoms with Crippen molar-refractivity contribution in [1.29, 1.82) is 0 Å². The van der Waals surface area contributed by atoms with E-state index in [4.69, 9.17) is 16.0 Å². The summed E-state index contributed by atoms with van der Waals surface area (Å²) in [4.78, 5) is 16.5. The van der Waals surface area contributed by atoms with Crippen LogP contribution in [0.1, 0.15) is 15.9 Å². The molecule has 4 nitrogen and oxygen atoms in total. The number of carbonyl (C=O) groups excluding carboxylic acids is 1. The van der Waals surface area contributed by atoms with Crippen LogP contribution in [0.15, 0.2) is 57.6 Å². The van der Waals surface area contributed by atoms with Crippen LogP contribution < -0.4 is 5.32 Å². The van der Waals surface area contributed by atoms with Crippen molar-refractivity contribution in [3.8, 4) is 11.1 Å². The van der Waals surface area contributed by atoms with Crippen LogP contribution in [0.25, 0.3) is 22.2 Å². The monoisotopic (exact) mass is 422 g/mol. The molecule has 0 aliphatic rings. The van der Waals surface area contributed by atoms with Gasteiger partial charge in [-0.2, -0.15) is 29.5 Å². The Kier molecular flexibility index (Phi) is 4.60. The Hall–Kier alpha value is -2.84. The van der Waals surface area contributed by atoms with Crippen molar-refractivity contribution in [1.82, 2.24) is 4.98 Å². The van der Waals surface area contributed by atoms with Crippen molar-refractivity contribution in [3.05, 3.63) is 69.4 Å². The molecule has 0 spiro atoms. The Balaban J connectivity index is 1.63. The number of benzene rings is 2. The van der Waals surface area contributed by atoms with E-state index in [1.54, 1.807) is 12.1 Å². The zero-order valence-corrected chi connectivity index (χ0v) is 15.5. The summed E-state index contributed by atoms with van der Waals surface area (Å²) in [6, 6.07) is 9.19. The molecule has 0 saturated heterocycles. The number of hydrogen-bond acceptors (Lipinski definition) is 4. The van der Waals surface area contributed by atoms with Crippen LogP contribution in [-0.2, 0) is 6.18 Å². The number of thiophene rings is 1. The van der Waals surface area contributed by atoms with Crippen LogP contribution in [0.3, 0.4) is 0 Å². The summed E-state index contributed by atoms with van der Waals surface area (Å²) in [7, 11) is 0. The molecule has 0 aliphatic heterocycles. The van der Waals surface area contributed by atoms with Gasteiger partial charge in [-0.1, -0.05) is 17.7 Å². The number of fused-ring (bicyclic) bond motifs is 1. The van der Waals surface area contributed by atoms with Gasteiger partial charge in [0.1, 0.15) is 5.52 Å². The summed E-state index contributed by atoms with van der Waals surface area (Å²) in [6.45, 7) is 0. The van der Waals surface area contributed by atoms with Gasteiger partial charge < -0.3 is 4.42 Å². The number of anilines is 1. The molecule has 142 valence electrons. The average molecular weight is 423 g/mol. The minimum atomic E-state index is -4.54. The maximum Gasteiger partial charge on any atom is 0.416 e. The molecule has 28 heavy (non-hydrogen) atoms. The zero-order chi connectivity index (χ0) is 19.9. The molecule has 2 aromatic heterocycles. The van der Waals surface area contributed by atoms with E-state index in [9.17, 15) is 18.0 Å². The molecule has 4 aromatic rings. The number of carbonyl (C=O) groups is 1. The number of hydrogen-bond donors (Lipinski definition) is 1. The predicted octanol–water partition coefficient (Wildman–Crippen LogP) is 6.48. The van der Waals surface area contributed by atoms with E-state index in [1.807, 2.05) is 16.8 Å². The Morgan fingerprint density at radius 1 is 1.18 bits per heavy atom. The fraction of sp³-hybridized carbons (Fsp3) is 0.0526.